The highest BCUT2D eigenvalue weighted by Gasteiger charge is 2.02. The predicted octanol–water partition coefficient (Wildman–Crippen LogP) is 2.23. The molecule has 0 fully saturated rings. The zero-order valence-corrected chi connectivity index (χ0v) is 7.96. The Kier molecular flexibility index (Phi) is 2.85. The summed E-state index contributed by atoms with van der Waals surface area (Å²) in [5.41, 5.74) is 8.71. The molecule has 2 heteroatoms. The minimum atomic E-state index is 0.492. The quantitative estimate of drug-likeness (QED) is 0.663. The van der Waals surface area contributed by atoms with E-state index in [4.69, 9.17) is 11.1 Å². The Balaban J connectivity index is 3.03. The summed E-state index contributed by atoms with van der Waals surface area (Å²) in [6, 6.07) is 7.86. The number of aryl methyl sites for hydroxylation is 1. The van der Waals surface area contributed by atoms with Crippen molar-refractivity contribution in [2.45, 2.75) is 13.8 Å². The van der Waals surface area contributed by atoms with E-state index in [2.05, 4.69) is 0 Å². The average Bonchev–Trinajstić information content (AvgIpc) is 2.15. The Morgan fingerprint density at radius 1 is 1.46 bits per heavy atom. The largest absolute Gasteiger partial charge is 0.404 e. The number of hydrogen-bond acceptors (Lipinski definition) is 2. The van der Waals surface area contributed by atoms with Crippen LogP contribution in [0, 0.1) is 12.3 Å². The van der Waals surface area contributed by atoms with Crippen molar-refractivity contribution in [3.05, 3.63) is 47.2 Å². The van der Waals surface area contributed by atoms with Gasteiger partial charge in [0.2, 0.25) is 0 Å². The molecule has 2 nitrogen and oxygen atoms in total. The molecular weight excluding hydrogens is 160 g/mol. The van der Waals surface area contributed by atoms with Gasteiger partial charge in [-0.05, 0) is 37.3 Å². The molecule has 0 spiro atoms. The van der Waals surface area contributed by atoms with Gasteiger partial charge in [0, 0.05) is 0 Å². The zero-order valence-electron chi connectivity index (χ0n) is 7.96. The van der Waals surface area contributed by atoms with E-state index in [9.17, 15) is 0 Å². The van der Waals surface area contributed by atoms with Crippen LogP contribution in [0.1, 0.15) is 18.1 Å². The summed E-state index contributed by atoms with van der Waals surface area (Å²) in [5.74, 6) is 0. The first-order chi connectivity index (χ1) is 6.15. The topological polar surface area (TPSA) is 49.9 Å². The van der Waals surface area contributed by atoms with E-state index in [1.165, 1.54) is 6.20 Å². The van der Waals surface area contributed by atoms with E-state index in [1.807, 2.05) is 38.1 Å². The Hall–Kier alpha value is -1.57. The van der Waals surface area contributed by atoms with Gasteiger partial charge in [-0.15, -0.1) is 0 Å². The molecule has 0 saturated carbocycles. The van der Waals surface area contributed by atoms with Gasteiger partial charge in [-0.1, -0.05) is 23.8 Å². The van der Waals surface area contributed by atoms with Crippen LogP contribution in [-0.4, -0.2) is 5.71 Å². The van der Waals surface area contributed by atoms with Crippen LogP contribution in [0.2, 0.25) is 0 Å². The Bertz CT molecular complexity index is 351. The number of nitrogens with two attached hydrogens (primary N) is 1. The number of benzene rings is 1. The van der Waals surface area contributed by atoms with Crippen molar-refractivity contribution in [3.8, 4) is 0 Å². The van der Waals surface area contributed by atoms with Gasteiger partial charge >= 0.3 is 0 Å². The lowest BCUT2D eigenvalue weighted by Gasteiger charge is -2.04. The zero-order chi connectivity index (χ0) is 9.84. The third kappa shape index (κ3) is 2.18. The first-order valence-electron chi connectivity index (χ1n) is 4.19. The summed E-state index contributed by atoms with van der Waals surface area (Å²) in [5, 5.41) is 7.78. The van der Waals surface area contributed by atoms with Crippen molar-refractivity contribution >= 4 is 5.71 Å². The molecule has 13 heavy (non-hydrogen) atoms. The number of nitrogens with one attached hydrogen (secondary N) is 1. The lowest BCUT2D eigenvalue weighted by atomic mass is 10.0. The van der Waals surface area contributed by atoms with Crippen molar-refractivity contribution in [2.75, 3.05) is 0 Å². The summed E-state index contributed by atoms with van der Waals surface area (Å²) in [7, 11) is 0. The molecule has 0 radical (unpaired) electrons. The standard InChI is InChI=1S/C11H14N2/c1-8-4-3-5-10(6-8)11(13)9(2)7-12/h3-7,13H,12H2,1-2H3/b9-7-,13-11?. The van der Waals surface area contributed by atoms with E-state index >= 15 is 0 Å². The van der Waals surface area contributed by atoms with Gasteiger partial charge < -0.3 is 5.73 Å². The van der Waals surface area contributed by atoms with Crippen molar-refractivity contribution in [3.63, 3.8) is 0 Å². The van der Waals surface area contributed by atoms with Crippen LogP contribution in [0.5, 0.6) is 0 Å². The lowest BCUT2D eigenvalue weighted by molar-refractivity contribution is 1.37. The van der Waals surface area contributed by atoms with Crippen LogP contribution in [0.4, 0.5) is 0 Å². The molecular formula is C11H14N2. The molecule has 0 aromatic heterocycles. The van der Waals surface area contributed by atoms with Crippen LogP contribution in [0.15, 0.2) is 36.0 Å². The van der Waals surface area contributed by atoms with Gasteiger partial charge in [-0.2, -0.15) is 0 Å². The molecule has 1 aromatic carbocycles. The monoisotopic (exact) mass is 174 g/mol. The Labute approximate surface area is 78.6 Å². The number of hydrogen-bond donors (Lipinski definition) is 2. The van der Waals surface area contributed by atoms with Crippen LogP contribution >= 0.6 is 0 Å². The third-order valence-corrected chi connectivity index (χ3v) is 1.95. The lowest BCUT2D eigenvalue weighted by Crippen LogP contribution is -2.02. The second-order valence-corrected chi connectivity index (χ2v) is 3.09. The van der Waals surface area contributed by atoms with Crippen molar-refractivity contribution < 1.29 is 0 Å². The molecule has 0 aliphatic rings. The van der Waals surface area contributed by atoms with Gasteiger partial charge in [0.15, 0.2) is 0 Å². The Morgan fingerprint density at radius 2 is 2.15 bits per heavy atom. The van der Waals surface area contributed by atoms with E-state index in [0.29, 0.717) is 5.71 Å². The van der Waals surface area contributed by atoms with Crippen LogP contribution in [-0.2, 0) is 0 Å². The molecule has 0 amide bonds. The number of rotatable bonds is 2. The highest BCUT2D eigenvalue weighted by Crippen LogP contribution is 2.09. The van der Waals surface area contributed by atoms with E-state index in [0.717, 1.165) is 16.7 Å². The third-order valence-electron chi connectivity index (χ3n) is 1.95. The van der Waals surface area contributed by atoms with E-state index < -0.39 is 0 Å². The summed E-state index contributed by atoms with van der Waals surface area (Å²) >= 11 is 0. The molecule has 0 heterocycles. The second-order valence-electron chi connectivity index (χ2n) is 3.09. The smallest absolute Gasteiger partial charge is 0.0655 e. The summed E-state index contributed by atoms with van der Waals surface area (Å²) in [6.45, 7) is 3.85. The summed E-state index contributed by atoms with van der Waals surface area (Å²) < 4.78 is 0. The maximum Gasteiger partial charge on any atom is 0.0655 e. The van der Waals surface area contributed by atoms with Gasteiger partial charge in [-0.3, -0.25) is 5.41 Å². The van der Waals surface area contributed by atoms with Gasteiger partial charge in [0.1, 0.15) is 0 Å². The summed E-state index contributed by atoms with van der Waals surface area (Å²) in [6.07, 6.45) is 1.46. The molecule has 1 rings (SSSR count). The predicted molar refractivity (Wildman–Crippen MR) is 56.0 cm³/mol. The van der Waals surface area contributed by atoms with Crippen LogP contribution in [0.25, 0.3) is 0 Å². The minimum Gasteiger partial charge on any atom is -0.404 e. The molecule has 0 unspecified atom stereocenters. The SMILES string of the molecule is C/C(=C/N)C(=N)c1cccc(C)c1. The van der Waals surface area contributed by atoms with Crippen molar-refractivity contribution in [2.24, 2.45) is 5.73 Å². The fourth-order valence-electron chi connectivity index (χ4n) is 1.11. The van der Waals surface area contributed by atoms with E-state index in [-0.39, 0.29) is 0 Å². The first-order valence-corrected chi connectivity index (χ1v) is 4.19. The number of allylic oxidation sites excluding steroid dienone is 1. The van der Waals surface area contributed by atoms with E-state index in [1.54, 1.807) is 0 Å². The Morgan fingerprint density at radius 3 is 2.69 bits per heavy atom. The highest BCUT2D eigenvalue weighted by molar-refractivity contribution is 6.10. The van der Waals surface area contributed by atoms with Crippen LogP contribution in [0.3, 0.4) is 0 Å². The molecule has 0 aliphatic carbocycles. The van der Waals surface area contributed by atoms with Crippen molar-refractivity contribution in [1.82, 2.24) is 0 Å². The normalized spacial score (nSPS) is 11.4. The van der Waals surface area contributed by atoms with Crippen molar-refractivity contribution in [1.29, 1.82) is 5.41 Å². The van der Waals surface area contributed by atoms with Gasteiger partial charge in [-0.25, -0.2) is 0 Å². The fraction of sp³-hybridized carbons (Fsp3) is 0.182. The fourth-order valence-corrected chi connectivity index (χ4v) is 1.11. The second kappa shape index (κ2) is 3.90. The summed E-state index contributed by atoms with van der Waals surface area (Å²) in [4.78, 5) is 0. The molecule has 0 saturated heterocycles. The minimum absolute atomic E-state index is 0.492. The molecule has 1 aromatic rings. The molecule has 0 bridgehead atoms. The maximum absolute atomic E-state index is 7.78. The molecule has 0 aliphatic heterocycles. The first kappa shape index (κ1) is 9.52. The van der Waals surface area contributed by atoms with Crippen LogP contribution < -0.4 is 5.73 Å². The maximum atomic E-state index is 7.78. The average molecular weight is 174 g/mol. The molecule has 0 atom stereocenters. The molecule has 68 valence electrons. The molecule has 3 N–H and O–H groups in total. The van der Waals surface area contributed by atoms with Gasteiger partial charge in [0.25, 0.3) is 0 Å². The highest BCUT2D eigenvalue weighted by atomic mass is 14.5. The van der Waals surface area contributed by atoms with Gasteiger partial charge in [0.05, 0.1) is 5.71 Å².